The normalized spacial score (nSPS) is 25.4. The van der Waals surface area contributed by atoms with E-state index in [1.165, 1.54) is 51.0 Å². The molecule has 1 aliphatic carbocycles. The number of piperidine rings is 1. The molecule has 2 aliphatic rings. The van der Waals surface area contributed by atoms with Gasteiger partial charge in [0, 0.05) is 12.6 Å². The molecule has 0 amide bonds. The Hall–Kier alpha value is -0.830. The smallest absolute Gasteiger partial charge is 0.328 e. The molecule has 3 nitrogen and oxygen atoms in total. The van der Waals surface area contributed by atoms with Crippen molar-refractivity contribution in [3.8, 4) is 0 Å². The number of carboxylic acids is 1. The van der Waals surface area contributed by atoms with Gasteiger partial charge in [-0.2, -0.15) is 0 Å². The average Bonchev–Trinajstić information content (AvgIpc) is 2.33. The summed E-state index contributed by atoms with van der Waals surface area (Å²) in [6.07, 6.45) is 12.7. The predicted octanol–water partition coefficient (Wildman–Crippen LogP) is 2.67. The molecular formula is C14H23NO2. The van der Waals surface area contributed by atoms with Crippen molar-refractivity contribution in [2.75, 3.05) is 19.6 Å². The van der Waals surface area contributed by atoms with Crippen molar-refractivity contribution in [3.63, 3.8) is 0 Å². The largest absolute Gasteiger partial charge is 0.478 e. The monoisotopic (exact) mass is 237 g/mol. The molecule has 1 N–H and O–H groups in total. The van der Waals surface area contributed by atoms with Crippen LogP contribution in [0.1, 0.15) is 44.9 Å². The van der Waals surface area contributed by atoms with Gasteiger partial charge in [0.25, 0.3) is 0 Å². The van der Waals surface area contributed by atoms with E-state index in [2.05, 4.69) is 4.90 Å². The van der Waals surface area contributed by atoms with E-state index in [4.69, 9.17) is 5.11 Å². The highest BCUT2D eigenvalue weighted by atomic mass is 16.4. The minimum absolute atomic E-state index is 0.644. The second-order valence-electron chi connectivity index (χ2n) is 5.60. The van der Waals surface area contributed by atoms with Gasteiger partial charge in [0.2, 0.25) is 0 Å². The van der Waals surface area contributed by atoms with Crippen LogP contribution in [0.15, 0.2) is 12.2 Å². The highest BCUT2D eigenvalue weighted by Gasteiger charge is 2.34. The quantitative estimate of drug-likeness (QED) is 0.767. The molecule has 96 valence electrons. The van der Waals surface area contributed by atoms with Crippen LogP contribution >= 0.6 is 0 Å². The number of carbonyl (C=O) groups is 1. The van der Waals surface area contributed by atoms with E-state index in [0.29, 0.717) is 5.41 Å². The number of carboxylic acid groups (broad SMARTS) is 1. The van der Waals surface area contributed by atoms with Crippen molar-refractivity contribution < 1.29 is 9.90 Å². The number of nitrogens with zero attached hydrogens (tertiary/aromatic N) is 1. The number of hydrogen-bond acceptors (Lipinski definition) is 2. The molecule has 17 heavy (non-hydrogen) atoms. The van der Waals surface area contributed by atoms with E-state index in [9.17, 15) is 4.79 Å². The summed E-state index contributed by atoms with van der Waals surface area (Å²) in [7, 11) is 0. The van der Waals surface area contributed by atoms with Crippen LogP contribution < -0.4 is 0 Å². The summed E-state index contributed by atoms with van der Waals surface area (Å²) in [6, 6.07) is 0. The highest BCUT2D eigenvalue weighted by molar-refractivity contribution is 5.79. The second kappa shape index (κ2) is 5.67. The Labute approximate surface area is 103 Å². The van der Waals surface area contributed by atoms with Gasteiger partial charge in [0.15, 0.2) is 0 Å². The third-order valence-electron chi connectivity index (χ3n) is 4.45. The Morgan fingerprint density at radius 3 is 2.35 bits per heavy atom. The van der Waals surface area contributed by atoms with Gasteiger partial charge < -0.3 is 5.11 Å². The Morgan fingerprint density at radius 2 is 1.76 bits per heavy atom. The van der Waals surface area contributed by atoms with Crippen molar-refractivity contribution in [1.82, 2.24) is 4.90 Å². The van der Waals surface area contributed by atoms with Gasteiger partial charge in [-0.3, -0.25) is 4.90 Å². The number of aliphatic carboxylic acids is 1. The van der Waals surface area contributed by atoms with Crippen molar-refractivity contribution in [2.45, 2.75) is 44.9 Å². The first-order chi connectivity index (χ1) is 8.20. The van der Waals surface area contributed by atoms with Crippen molar-refractivity contribution >= 4 is 5.97 Å². The summed E-state index contributed by atoms with van der Waals surface area (Å²) < 4.78 is 0. The van der Waals surface area contributed by atoms with E-state index in [-0.39, 0.29) is 0 Å². The fraction of sp³-hybridized carbons (Fsp3) is 0.786. The minimum Gasteiger partial charge on any atom is -0.478 e. The lowest BCUT2D eigenvalue weighted by Crippen LogP contribution is -2.41. The first-order valence-corrected chi connectivity index (χ1v) is 6.82. The number of hydrogen-bond donors (Lipinski definition) is 1. The van der Waals surface area contributed by atoms with Gasteiger partial charge in [0.1, 0.15) is 0 Å². The molecule has 0 unspecified atom stereocenters. The topological polar surface area (TPSA) is 40.5 Å². The Bertz CT molecular complexity index is 283. The molecule has 2 fully saturated rings. The zero-order valence-electron chi connectivity index (χ0n) is 10.5. The van der Waals surface area contributed by atoms with E-state index in [1.54, 1.807) is 6.08 Å². The Kier molecular flexibility index (Phi) is 4.21. The first-order valence-electron chi connectivity index (χ1n) is 6.82. The molecule has 0 radical (unpaired) electrons. The second-order valence-corrected chi connectivity index (χ2v) is 5.60. The molecule has 0 bridgehead atoms. The van der Waals surface area contributed by atoms with Gasteiger partial charge in [0.05, 0.1) is 0 Å². The van der Waals surface area contributed by atoms with Crippen LogP contribution in [0.2, 0.25) is 0 Å². The maximum Gasteiger partial charge on any atom is 0.328 e. The summed E-state index contributed by atoms with van der Waals surface area (Å²) in [5.41, 5.74) is 0.644. The third kappa shape index (κ3) is 3.56. The van der Waals surface area contributed by atoms with Crippen LogP contribution in [0, 0.1) is 5.41 Å². The highest BCUT2D eigenvalue weighted by Crippen LogP contribution is 2.44. The Morgan fingerprint density at radius 1 is 1.12 bits per heavy atom. The van der Waals surface area contributed by atoms with Crippen molar-refractivity contribution in [1.29, 1.82) is 0 Å². The van der Waals surface area contributed by atoms with E-state index >= 15 is 0 Å². The summed E-state index contributed by atoms with van der Waals surface area (Å²) in [6.45, 7) is 3.08. The van der Waals surface area contributed by atoms with Gasteiger partial charge in [-0.25, -0.2) is 4.79 Å². The summed E-state index contributed by atoms with van der Waals surface area (Å²) in [5.74, 6) is -0.842. The van der Waals surface area contributed by atoms with Crippen LogP contribution in [0.5, 0.6) is 0 Å². The standard InChI is InChI=1S/C14H23NO2/c16-13(17)5-4-10-15-11-8-14(9-12-15)6-2-1-3-7-14/h4-5H,1-3,6-12H2,(H,16,17). The van der Waals surface area contributed by atoms with E-state index in [1.807, 2.05) is 0 Å². The zero-order chi connectivity index (χ0) is 12.1. The van der Waals surface area contributed by atoms with Crippen LogP contribution in [0.4, 0.5) is 0 Å². The van der Waals surface area contributed by atoms with Crippen LogP contribution in [-0.4, -0.2) is 35.6 Å². The lowest BCUT2D eigenvalue weighted by Gasteiger charge is -2.44. The molecule has 1 saturated heterocycles. The average molecular weight is 237 g/mol. The summed E-state index contributed by atoms with van der Waals surface area (Å²) >= 11 is 0. The fourth-order valence-electron chi connectivity index (χ4n) is 3.31. The molecule has 1 heterocycles. The zero-order valence-corrected chi connectivity index (χ0v) is 10.5. The first kappa shape index (κ1) is 12.6. The third-order valence-corrected chi connectivity index (χ3v) is 4.45. The maximum atomic E-state index is 10.4. The van der Waals surface area contributed by atoms with Gasteiger partial charge in [-0.15, -0.1) is 0 Å². The van der Waals surface area contributed by atoms with Gasteiger partial charge in [-0.1, -0.05) is 25.3 Å². The molecule has 0 aromatic heterocycles. The van der Waals surface area contributed by atoms with Crippen LogP contribution in [-0.2, 0) is 4.79 Å². The molecule has 0 aromatic carbocycles. The van der Waals surface area contributed by atoms with Gasteiger partial charge in [-0.05, 0) is 44.2 Å². The van der Waals surface area contributed by atoms with E-state index in [0.717, 1.165) is 19.6 Å². The molecule has 0 atom stereocenters. The van der Waals surface area contributed by atoms with Crippen LogP contribution in [0.3, 0.4) is 0 Å². The van der Waals surface area contributed by atoms with Crippen molar-refractivity contribution in [2.24, 2.45) is 5.41 Å². The minimum atomic E-state index is -0.842. The lowest BCUT2D eigenvalue weighted by molar-refractivity contribution is -0.131. The fourth-order valence-corrected chi connectivity index (χ4v) is 3.31. The molecular weight excluding hydrogens is 214 g/mol. The van der Waals surface area contributed by atoms with Gasteiger partial charge >= 0.3 is 5.97 Å². The number of likely N-dealkylation sites (tertiary alicyclic amines) is 1. The molecule has 0 aromatic rings. The SMILES string of the molecule is O=C(O)C=CCN1CCC2(CCCCC2)CC1. The number of rotatable bonds is 3. The summed E-state index contributed by atoms with van der Waals surface area (Å²) in [4.78, 5) is 12.8. The molecule has 2 rings (SSSR count). The molecule has 1 aliphatic heterocycles. The molecule has 1 saturated carbocycles. The van der Waals surface area contributed by atoms with Crippen molar-refractivity contribution in [3.05, 3.63) is 12.2 Å². The molecule has 3 heteroatoms. The molecule has 1 spiro atoms. The predicted molar refractivity (Wildman–Crippen MR) is 68.0 cm³/mol. The van der Waals surface area contributed by atoms with Crippen LogP contribution in [0.25, 0.3) is 0 Å². The maximum absolute atomic E-state index is 10.4. The van der Waals surface area contributed by atoms with E-state index < -0.39 is 5.97 Å². The summed E-state index contributed by atoms with van der Waals surface area (Å²) in [5, 5.41) is 8.54. The lowest BCUT2D eigenvalue weighted by atomic mass is 9.68. The Balaban J connectivity index is 1.75.